The van der Waals surface area contributed by atoms with Crippen molar-refractivity contribution < 1.29 is 9.53 Å². The highest BCUT2D eigenvalue weighted by Gasteiger charge is 2.22. The van der Waals surface area contributed by atoms with Gasteiger partial charge in [-0.25, -0.2) is 4.98 Å². The molecule has 1 heterocycles. The predicted molar refractivity (Wildman–Crippen MR) is 96.2 cm³/mol. The van der Waals surface area contributed by atoms with Crippen LogP contribution in [0.15, 0.2) is 47.1 Å². The van der Waals surface area contributed by atoms with Crippen LogP contribution in [0.3, 0.4) is 0 Å². The molecule has 0 bridgehead atoms. The maximum Gasteiger partial charge on any atom is 0.257 e. The third kappa shape index (κ3) is 4.33. The molecule has 3 rings (SSSR count). The van der Waals surface area contributed by atoms with Crippen LogP contribution in [0.2, 0.25) is 0 Å². The van der Waals surface area contributed by atoms with Gasteiger partial charge in [-0.1, -0.05) is 22.0 Å². The Morgan fingerprint density at radius 1 is 1.21 bits per heavy atom. The number of pyridine rings is 1. The Hall–Kier alpha value is -1.92. The van der Waals surface area contributed by atoms with Crippen LogP contribution in [0, 0.1) is 0 Å². The van der Waals surface area contributed by atoms with Crippen molar-refractivity contribution in [1.82, 2.24) is 10.3 Å². The van der Waals surface area contributed by atoms with Gasteiger partial charge in [0, 0.05) is 22.8 Å². The number of carbonyl (C=O) groups excluding carboxylic acids is 1. The van der Waals surface area contributed by atoms with Crippen LogP contribution < -0.4 is 15.8 Å². The minimum absolute atomic E-state index is 0.159. The summed E-state index contributed by atoms with van der Waals surface area (Å²) in [5, 5.41) is 3.07. The topological polar surface area (TPSA) is 77.2 Å². The van der Waals surface area contributed by atoms with Gasteiger partial charge in [0.05, 0.1) is 0 Å². The summed E-state index contributed by atoms with van der Waals surface area (Å²) >= 11 is 3.40. The lowest BCUT2D eigenvalue weighted by Gasteiger charge is -2.26. The number of hydrogen-bond donors (Lipinski definition) is 2. The summed E-state index contributed by atoms with van der Waals surface area (Å²) in [4.78, 5) is 16.8. The minimum Gasteiger partial charge on any atom is -0.438 e. The van der Waals surface area contributed by atoms with E-state index in [1.54, 1.807) is 18.3 Å². The van der Waals surface area contributed by atoms with E-state index in [9.17, 15) is 4.79 Å². The second-order valence-corrected chi connectivity index (χ2v) is 6.92. The van der Waals surface area contributed by atoms with Crippen molar-refractivity contribution in [2.24, 2.45) is 5.73 Å². The normalized spacial score (nSPS) is 20.4. The fraction of sp³-hybridized carbons (Fsp3) is 0.333. The van der Waals surface area contributed by atoms with Crippen LogP contribution >= 0.6 is 15.9 Å². The lowest BCUT2D eigenvalue weighted by Crippen LogP contribution is -2.40. The number of benzene rings is 1. The van der Waals surface area contributed by atoms with E-state index in [-0.39, 0.29) is 18.0 Å². The van der Waals surface area contributed by atoms with Gasteiger partial charge in [0.1, 0.15) is 11.3 Å². The first kappa shape index (κ1) is 16.9. The number of amides is 1. The number of aromatic nitrogens is 1. The predicted octanol–water partition coefficient (Wildman–Crippen LogP) is 3.64. The molecule has 2 aromatic rings. The molecular formula is C18H20BrN3O2. The smallest absolute Gasteiger partial charge is 0.257 e. The average molecular weight is 390 g/mol. The summed E-state index contributed by atoms with van der Waals surface area (Å²) in [6, 6.07) is 11.3. The molecule has 1 aromatic heterocycles. The molecule has 5 nitrogen and oxygen atoms in total. The second kappa shape index (κ2) is 7.77. The van der Waals surface area contributed by atoms with Gasteiger partial charge in [0.15, 0.2) is 0 Å². The number of carbonyl (C=O) groups is 1. The Bertz CT molecular complexity index is 715. The van der Waals surface area contributed by atoms with Crippen molar-refractivity contribution in [1.29, 1.82) is 0 Å². The highest BCUT2D eigenvalue weighted by molar-refractivity contribution is 9.10. The van der Waals surface area contributed by atoms with E-state index in [2.05, 4.69) is 26.2 Å². The van der Waals surface area contributed by atoms with Crippen molar-refractivity contribution >= 4 is 21.8 Å². The molecule has 0 saturated heterocycles. The molecule has 1 aliphatic rings. The Labute approximate surface area is 149 Å². The van der Waals surface area contributed by atoms with Gasteiger partial charge in [0.25, 0.3) is 5.91 Å². The van der Waals surface area contributed by atoms with Gasteiger partial charge in [-0.15, -0.1) is 0 Å². The SMILES string of the molecule is NC1CCC(NC(=O)c2cccnc2Oc2cccc(Br)c2)CC1. The monoisotopic (exact) mass is 389 g/mol. The number of nitrogens with two attached hydrogens (primary N) is 1. The number of rotatable bonds is 4. The van der Waals surface area contributed by atoms with E-state index < -0.39 is 0 Å². The van der Waals surface area contributed by atoms with Gasteiger partial charge in [-0.05, 0) is 56.0 Å². The van der Waals surface area contributed by atoms with E-state index in [4.69, 9.17) is 10.5 Å². The largest absolute Gasteiger partial charge is 0.438 e. The van der Waals surface area contributed by atoms with Crippen molar-refractivity contribution in [2.45, 2.75) is 37.8 Å². The van der Waals surface area contributed by atoms with Gasteiger partial charge < -0.3 is 15.8 Å². The van der Waals surface area contributed by atoms with Crippen LogP contribution in [0.4, 0.5) is 0 Å². The van der Waals surface area contributed by atoms with Gasteiger partial charge in [-0.2, -0.15) is 0 Å². The molecule has 1 fully saturated rings. The molecular weight excluding hydrogens is 370 g/mol. The summed E-state index contributed by atoms with van der Waals surface area (Å²) in [5.41, 5.74) is 6.35. The molecule has 24 heavy (non-hydrogen) atoms. The molecule has 126 valence electrons. The zero-order valence-corrected chi connectivity index (χ0v) is 14.8. The molecule has 1 aliphatic carbocycles. The summed E-state index contributed by atoms with van der Waals surface area (Å²) < 4.78 is 6.70. The zero-order chi connectivity index (χ0) is 16.9. The number of nitrogens with one attached hydrogen (secondary N) is 1. The lowest BCUT2D eigenvalue weighted by molar-refractivity contribution is 0.0923. The number of nitrogens with zero attached hydrogens (tertiary/aromatic N) is 1. The first-order valence-electron chi connectivity index (χ1n) is 8.06. The molecule has 0 unspecified atom stereocenters. The fourth-order valence-corrected chi connectivity index (χ4v) is 3.19. The summed E-state index contributed by atoms with van der Waals surface area (Å²) in [6.07, 6.45) is 5.33. The van der Waals surface area contributed by atoms with Gasteiger partial charge in [-0.3, -0.25) is 4.79 Å². The molecule has 6 heteroatoms. The highest BCUT2D eigenvalue weighted by Crippen LogP contribution is 2.26. The Morgan fingerprint density at radius 3 is 2.75 bits per heavy atom. The van der Waals surface area contributed by atoms with Crippen LogP contribution in [-0.2, 0) is 0 Å². The third-order valence-electron chi connectivity index (χ3n) is 4.13. The van der Waals surface area contributed by atoms with Crippen LogP contribution in [-0.4, -0.2) is 23.0 Å². The summed E-state index contributed by atoms with van der Waals surface area (Å²) in [6.45, 7) is 0. The van der Waals surface area contributed by atoms with E-state index in [0.717, 1.165) is 30.2 Å². The van der Waals surface area contributed by atoms with Crippen molar-refractivity contribution in [3.05, 3.63) is 52.6 Å². The fourth-order valence-electron chi connectivity index (χ4n) is 2.81. The number of halogens is 1. The van der Waals surface area contributed by atoms with E-state index >= 15 is 0 Å². The molecule has 1 aromatic carbocycles. The zero-order valence-electron chi connectivity index (χ0n) is 13.2. The Morgan fingerprint density at radius 2 is 2.00 bits per heavy atom. The van der Waals surface area contributed by atoms with Crippen LogP contribution in [0.1, 0.15) is 36.0 Å². The first-order chi connectivity index (χ1) is 11.6. The molecule has 0 atom stereocenters. The second-order valence-electron chi connectivity index (χ2n) is 6.00. The Kier molecular flexibility index (Phi) is 5.48. The van der Waals surface area contributed by atoms with Gasteiger partial charge >= 0.3 is 0 Å². The number of hydrogen-bond acceptors (Lipinski definition) is 4. The quantitative estimate of drug-likeness (QED) is 0.836. The van der Waals surface area contributed by atoms with E-state index in [1.807, 2.05) is 24.3 Å². The first-order valence-corrected chi connectivity index (χ1v) is 8.86. The maximum atomic E-state index is 12.6. The molecule has 1 amide bonds. The van der Waals surface area contributed by atoms with Crippen molar-refractivity contribution in [3.63, 3.8) is 0 Å². The van der Waals surface area contributed by atoms with E-state index in [0.29, 0.717) is 17.2 Å². The number of ether oxygens (including phenoxy) is 1. The highest BCUT2D eigenvalue weighted by atomic mass is 79.9. The molecule has 0 aliphatic heterocycles. The maximum absolute atomic E-state index is 12.6. The standard InChI is InChI=1S/C18H20BrN3O2/c19-12-3-1-4-15(11-12)24-18-16(5-2-10-21-18)17(23)22-14-8-6-13(20)7-9-14/h1-5,10-11,13-14H,6-9,20H2,(H,22,23). The Balaban J connectivity index is 1.72. The third-order valence-corrected chi connectivity index (χ3v) is 4.63. The summed E-state index contributed by atoms with van der Waals surface area (Å²) in [5.74, 6) is 0.773. The minimum atomic E-state index is -0.159. The molecule has 0 spiro atoms. The summed E-state index contributed by atoms with van der Waals surface area (Å²) in [7, 11) is 0. The van der Waals surface area contributed by atoms with Crippen molar-refractivity contribution in [3.8, 4) is 11.6 Å². The molecule has 3 N–H and O–H groups in total. The van der Waals surface area contributed by atoms with E-state index in [1.165, 1.54) is 0 Å². The average Bonchev–Trinajstić information content (AvgIpc) is 2.57. The van der Waals surface area contributed by atoms with Crippen LogP contribution in [0.5, 0.6) is 11.6 Å². The van der Waals surface area contributed by atoms with Crippen molar-refractivity contribution in [2.75, 3.05) is 0 Å². The van der Waals surface area contributed by atoms with Gasteiger partial charge in [0.2, 0.25) is 5.88 Å². The van der Waals surface area contributed by atoms with Crippen LogP contribution in [0.25, 0.3) is 0 Å². The molecule has 1 saturated carbocycles. The molecule has 0 radical (unpaired) electrons. The lowest BCUT2D eigenvalue weighted by atomic mass is 9.91.